The normalized spacial score (nSPS) is 16.7. The molecule has 6 nitrogen and oxygen atoms in total. The summed E-state index contributed by atoms with van der Waals surface area (Å²) in [6.07, 6.45) is 1.81. The van der Waals surface area contributed by atoms with Crippen LogP contribution >= 0.6 is 11.8 Å². The smallest absolute Gasteiger partial charge is 0.264 e. The number of aliphatic imine (C=N–C) groups is 1. The van der Waals surface area contributed by atoms with E-state index < -0.39 is 0 Å². The van der Waals surface area contributed by atoms with Crippen molar-refractivity contribution in [3.8, 4) is 17.2 Å². The van der Waals surface area contributed by atoms with Crippen LogP contribution in [0.4, 0.5) is 5.69 Å². The summed E-state index contributed by atoms with van der Waals surface area (Å²) in [6.45, 7) is 0. The topological polar surface area (TPSA) is 69.2 Å². The molecule has 0 atom stereocenters. The molecule has 0 aliphatic carbocycles. The molecule has 0 radical (unpaired) electrons. The number of nitrogens with one attached hydrogen (secondary N) is 1. The summed E-state index contributed by atoms with van der Waals surface area (Å²) in [7, 11) is 4.77. The average molecular weight is 370 g/mol. The van der Waals surface area contributed by atoms with Crippen LogP contribution in [0.15, 0.2) is 52.4 Å². The van der Waals surface area contributed by atoms with Crippen molar-refractivity contribution >= 4 is 34.6 Å². The molecule has 1 fully saturated rings. The number of carbonyl (C=O) groups is 1. The van der Waals surface area contributed by atoms with Crippen molar-refractivity contribution in [2.75, 3.05) is 21.3 Å². The van der Waals surface area contributed by atoms with Crippen LogP contribution < -0.4 is 19.5 Å². The Morgan fingerprint density at radius 3 is 2.31 bits per heavy atom. The van der Waals surface area contributed by atoms with Gasteiger partial charge in [0.2, 0.25) is 0 Å². The largest absolute Gasteiger partial charge is 0.497 e. The third-order valence-corrected chi connectivity index (χ3v) is 4.58. The van der Waals surface area contributed by atoms with E-state index in [1.807, 2.05) is 30.3 Å². The number of hydrogen-bond acceptors (Lipinski definition) is 6. The van der Waals surface area contributed by atoms with E-state index in [1.54, 1.807) is 39.5 Å². The molecule has 0 aromatic heterocycles. The summed E-state index contributed by atoms with van der Waals surface area (Å²) < 4.78 is 15.6. The third kappa shape index (κ3) is 4.00. The highest BCUT2D eigenvalue weighted by atomic mass is 32.2. The molecule has 1 N–H and O–H groups in total. The maximum atomic E-state index is 12.2. The molecule has 1 aliphatic rings. The summed E-state index contributed by atoms with van der Waals surface area (Å²) in [5, 5.41) is 3.27. The minimum atomic E-state index is -0.183. The van der Waals surface area contributed by atoms with Crippen LogP contribution in [-0.4, -0.2) is 32.4 Å². The quantitative estimate of drug-likeness (QED) is 0.815. The van der Waals surface area contributed by atoms with E-state index in [-0.39, 0.29) is 5.91 Å². The van der Waals surface area contributed by atoms with Gasteiger partial charge in [-0.1, -0.05) is 12.1 Å². The second kappa shape index (κ2) is 7.97. The molecule has 0 spiro atoms. The molecule has 2 aromatic rings. The molecule has 1 saturated heterocycles. The monoisotopic (exact) mass is 370 g/mol. The summed E-state index contributed by atoms with van der Waals surface area (Å²) in [6, 6.07) is 12.8. The minimum Gasteiger partial charge on any atom is -0.497 e. The van der Waals surface area contributed by atoms with Gasteiger partial charge in [-0.15, -0.1) is 0 Å². The number of amidine groups is 1. The van der Waals surface area contributed by atoms with Gasteiger partial charge in [-0.25, -0.2) is 4.99 Å². The first-order valence-electron chi connectivity index (χ1n) is 7.78. The molecule has 0 bridgehead atoms. The van der Waals surface area contributed by atoms with E-state index in [2.05, 4.69) is 10.3 Å². The van der Waals surface area contributed by atoms with Crippen LogP contribution in [0.5, 0.6) is 17.2 Å². The van der Waals surface area contributed by atoms with Crippen LogP contribution in [-0.2, 0) is 4.79 Å². The maximum absolute atomic E-state index is 12.2. The Kier molecular flexibility index (Phi) is 5.48. The minimum absolute atomic E-state index is 0.183. The van der Waals surface area contributed by atoms with Gasteiger partial charge in [0.15, 0.2) is 5.17 Å². The molecular weight excluding hydrogens is 352 g/mol. The lowest BCUT2D eigenvalue weighted by Gasteiger charge is -2.07. The molecule has 1 aliphatic heterocycles. The fourth-order valence-electron chi connectivity index (χ4n) is 2.32. The zero-order valence-electron chi connectivity index (χ0n) is 14.6. The first-order valence-corrected chi connectivity index (χ1v) is 8.60. The van der Waals surface area contributed by atoms with Gasteiger partial charge in [0.25, 0.3) is 5.91 Å². The molecule has 1 amide bonds. The van der Waals surface area contributed by atoms with Crippen molar-refractivity contribution in [3.05, 3.63) is 52.9 Å². The molecule has 0 saturated carbocycles. The lowest BCUT2D eigenvalue weighted by molar-refractivity contribution is -0.115. The summed E-state index contributed by atoms with van der Waals surface area (Å²) in [5.74, 6) is 1.83. The number of benzene rings is 2. The predicted octanol–water partition coefficient (Wildman–Crippen LogP) is 3.60. The highest BCUT2D eigenvalue weighted by Gasteiger charge is 2.24. The number of amides is 1. The van der Waals surface area contributed by atoms with Crippen molar-refractivity contribution < 1.29 is 19.0 Å². The SMILES string of the molecule is COc1ccc(/C=C2\SC(=Nc3ccc(OC)cc3OC)NC2=O)cc1. The zero-order valence-corrected chi connectivity index (χ0v) is 15.4. The van der Waals surface area contributed by atoms with Gasteiger partial charge in [0, 0.05) is 6.07 Å². The van der Waals surface area contributed by atoms with Crippen molar-refractivity contribution in [2.45, 2.75) is 0 Å². The first-order chi connectivity index (χ1) is 12.6. The highest BCUT2D eigenvalue weighted by molar-refractivity contribution is 8.18. The van der Waals surface area contributed by atoms with Gasteiger partial charge >= 0.3 is 0 Å². The Labute approximate surface area is 155 Å². The van der Waals surface area contributed by atoms with Gasteiger partial charge in [-0.2, -0.15) is 0 Å². The number of rotatable bonds is 5. The number of nitrogens with zero attached hydrogens (tertiary/aromatic N) is 1. The second-order valence-electron chi connectivity index (χ2n) is 5.29. The maximum Gasteiger partial charge on any atom is 0.264 e. The lowest BCUT2D eigenvalue weighted by atomic mass is 10.2. The van der Waals surface area contributed by atoms with Crippen LogP contribution in [0.25, 0.3) is 6.08 Å². The average Bonchev–Trinajstić information content (AvgIpc) is 3.01. The highest BCUT2D eigenvalue weighted by Crippen LogP contribution is 2.34. The molecule has 1 heterocycles. The van der Waals surface area contributed by atoms with Gasteiger partial charge in [-0.3, -0.25) is 4.79 Å². The zero-order chi connectivity index (χ0) is 18.5. The van der Waals surface area contributed by atoms with E-state index in [9.17, 15) is 4.79 Å². The molecule has 134 valence electrons. The van der Waals surface area contributed by atoms with Crippen molar-refractivity contribution in [1.82, 2.24) is 5.32 Å². The number of ether oxygens (including phenoxy) is 3. The van der Waals surface area contributed by atoms with Crippen molar-refractivity contribution in [3.63, 3.8) is 0 Å². The summed E-state index contributed by atoms with van der Waals surface area (Å²) >= 11 is 1.28. The number of thioether (sulfide) groups is 1. The Morgan fingerprint density at radius 2 is 1.65 bits per heavy atom. The molecule has 3 rings (SSSR count). The number of carbonyl (C=O) groups excluding carboxylic acids is 1. The molecule has 7 heteroatoms. The first kappa shape index (κ1) is 17.9. The standard InChI is InChI=1S/C19H18N2O4S/c1-23-13-6-4-12(5-7-13)10-17-18(22)21-19(26-17)20-15-9-8-14(24-2)11-16(15)25-3/h4-11H,1-3H3,(H,20,21,22)/b17-10-. The van der Waals surface area contributed by atoms with Gasteiger partial charge < -0.3 is 19.5 Å². The van der Waals surface area contributed by atoms with Gasteiger partial charge in [0.1, 0.15) is 22.9 Å². The fourth-order valence-corrected chi connectivity index (χ4v) is 3.15. The van der Waals surface area contributed by atoms with Crippen LogP contribution in [0.2, 0.25) is 0 Å². The summed E-state index contributed by atoms with van der Waals surface area (Å²) in [5.41, 5.74) is 1.52. The second-order valence-corrected chi connectivity index (χ2v) is 6.32. The Morgan fingerprint density at radius 1 is 0.962 bits per heavy atom. The van der Waals surface area contributed by atoms with E-state index in [1.165, 1.54) is 11.8 Å². The molecule has 0 unspecified atom stereocenters. The molecule has 2 aromatic carbocycles. The van der Waals surface area contributed by atoms with Crippen molar-refractivity contribution in [1.29, 1.82) is 0 Å². The Bertz CT molecular complexity index is 876. The van der Waals surface area contributed by atoms with Gasteiger partial charge in [0.05, 0.1) is 26.2 Å². The Hall–Kier alpha value is -2.93. The van der Waals surface area contributed by atoms with Gasteiger partial charge in [-0.05, 0) is 47.7 Å². The van der Waals surface area contributed by atoms with Crippen LogP contribution in [0, 0.1) is 0 Å². The molecule has 26 heavy (non-hydrogen) atoms. The van der Waals surface area contributed by atoms with Crippen LogP contribution in [0.3, 0.4) is 0 Å². The number of hydrogen-bond donors (Lipinski definition) is 1. The predicted molar refractivity (Wildman–Crippen MR) is 103 cm³/mol. The summed E-state index contributed by atoms with van der Waals surface area (Å²) in [4.78, 5) is 17.3. The van der Waals surface area contributed by atoms with E-state index in [4.69, 9.17) is 14.2 Å². The number of methoxy groups -OCH3 is 3. The lowest BCUT2D eigenvalue weighted by Crippen LogP contribution is -2.19. The van der Waals surface area contributed by atoms with Crippen molar-refractivity contribution in [2.24, 2.45) is 4.99 Å². The van der Waals surface area contributed by atoms with Crippen LogP contribution in [0.1, 0.15) is 5.56 Å². The van der Waals surface area contributed by atoms with E-state index in [0.717, 1.165) is 11.3 Å². The van der Waals surface area contributed by atoms with E-state index >= 15 is 0 Å². The van der Waals surface area contributed by atoms with E-state index in [0.29, 0.717) is 27.3 Å². The third-order valence-electron chi connectivity index (χ3n) is 3.67. The fraction of sp³-hybridized carbons (Fsp3) is 0.158. The molecular formula is C19H18N2O4S. The Balaban J connectivity index is 1.82.